The fourth-order valence-corrected chi connectivity index (χ4v) is 2.85. The van der Waals surface area contributed by atoms with Gasteiger partial charge in [0.1, 0.15) is 5.82 Å². The molecular weight excluding hydrogens is 315 g/mol. The molecule has 23 heavy (non-hydrogen) atoms. The zero-order valence-electron chi connectivity index (χ0n) is 12.9. The second kappa shape index (κ2) is 7.13. The maximum atomic E-state index is 13.6. The fourth-order valence-electron chi connectivity index (χ4n) is 2.85. The Labute approximate surface area is 141 Å². The lowest BCUT2D eigenvalue weighted by molar-refractivity contribution is 0.00148. The summed E-state index contributed by atoms with van der Waals surface area (Å²) < 4.78 is 15.5. The number of fused-ring (bicyclic) bond motifs is 1. The van der Waals surface area contributed by atoms with Gasteiger partial charge in [0.2, 0.25) is 0 Å². The van der Waals surface area contributed by atoms with Crippen molar-refractivity contribution in [1.29, 1.82) is 0 Å². The molecule has 2 N–H and O–H groups in total. The highest BCUT2D eigenvalue weighted by Gasteiger charge is 2.32. The number of nitrogens with one attached hydrogen (secondary N) is 1. The topological polar surface area (TPSA) is 37.2 Å². The van der Waals surface area contributed by atoms with Crippen molar-refractivity contribution in [2.45, 2.75) is 12.1 Å². The third kappa shape index (κ3) is 3.24. The van der Waals surface area contributed by atoms with Crippen LogP contribution in [0.5, 0.6) is 0 Å². The normalized spacial score (nSPS) is 13.5. The molecule has 0 radical (unpaired) electrons. The minimum Gasteiger partial charge on any atom is -0.366 e. The Morgan fingerprint density at radius 2 is 1.91 bits per heavy atom. The standard InChI is InChI=1S/C18H19FN2O.ClH/c1-20-11-10-18(22,15-6-4-7-16(19)13-15)21-12-9-14-5-2-3-8-17(14)21;/h2-9,12-13,20,22H,10-11H2,1H3;1H/t18-;/m0./s1. The summed E-state index contributed by atoms with van der Waals surface area (Å²) in [5.74, 6) is -0.350. The van der Waals surface area contributed by atoms with E-state index in [1.165, 1.54) is 12.1 Å². The molecule has 1 heterocycles. The van der Waals surface area contributed by atoms with Gasteiger partial charge in [-0.25, -0.2) is 4.39 Å². The summed E-state index contributed by atoms with van der Waals surface area (Å²) in [5, 5.41) is 15.4. The summed E-state index contributed by atoms with van der Waals surface area (Å²) >= 11 is 0. The Morgan fingerprint density at radius 3 is 2.65 bits per heavy atom. The molecule has 0 saturated heterocycles. The fraction of sp³-hybridized carbons (Fsp3) is 0.222. The first kappa shape index (κ1) is 17.5. The van der Waals surface area contributed by atoms with Gasteiger partial charge in [-0.15, -0.1) is 12.4 Å². The SMILES string of the molecule is CNCC[C@](O)(c1cccc(F)c1)n1ccc2ccccc21.Cl. The van der Waals surface area contributed by atoms with E-state index in [0.29, 0.717) is 18.5 Å². The predicted molar refractivity (Wildman–Crippen MR) is 93.4 cm³/mol. The Kier molecular flexibility index (Phi) is 5.42. The van der Waals surface area contributed by atoms with E-state index in [1.807, 2.05) is 48.1 Å². The molecule has 122 valence electrons. The molecule has 0 amide bonds. The van der Waals surface area contributed by atoms with Crippen LogP contribution in [-0.2, 0) is 5.72 Å². The minimum absolute atomic E-state index is 0. The molecule has 5 heteroatoms. The van der Waals surface area contributed by atoms with Crippen LogP contribution in [0.15, 0.2) is 60.8 Å². The second-order valence-electron chi connectivity index (χ2n) is 5.43. The maximum Gasteiger partial charge on any atom is 0.169 e. The molecule has 0 saturated carbocycles. The van der Waals surface area contributed by atoms with Crippen molar-refractivity contribution in [3.8, 4) is 0 Å². The van der Waals surface area contributed by atoms with Crippen LogP contribution in [0.1, 0.15) is 12.0 Å². The molecule has 0 aliphatic heterocycles. The van der Waals surface area contributed by atoms with Crippen molar-refractivity contribution < 1.29 is 9.50 Å². The highest BCUT2D eigenvalue weighted by molar-refractivity contribution is 5.85. The molecule has 0 bridgehead atoms. The van der Waals surface area contributed by atoms with Crippen molar-refractivity contribution in [1.82, 2.24) is 9.88 Å². The van der Waals surface area contributed by atoms with Gasteiger partial charge in [0.15, 0.2) is 5.72 Å². The van der Waals surface area contributed by atoms with Crippen LogP contribution in [0.4, 0.5) is 4.39 Å². The molecule has 0 aliphatic carbocycles. The number of rotatable bonds is 5. The number of nitrogens with zero attached hydrogens (tertiary/aromatic N) is 1. The van der Waals surface area contributed by atoms with Crippen molar-refractivity contribution in [3.05, 3.63) is 72.2 Å². The molecule has 3 rings (SSSR count). The highest BCUT2D eigenvalue weighted by atomic mass is 35.5. The number of aromatic nitrogens is 1. The third-order valence-electron chi connectivity index (χ3n) is 4.01. The zero-order chi connectivity index (χ0) is 15.6. The van der Waals surface area contributed by atoms with Crippen molar-refractivity contribution in [3.63, 3.8) is 0 Å². The van der Waals surface area contributed by atoms with Crippen LogP contribution in [-0.4, -0.2) is 23.3 Å². The predicted octanol–water partition coefficient (Wildman–Crippen LogP) is 3.51. The minimum atomic E-state index is -1.30. The van der Waals surface area contributed by atoms with Crippen molar-refractivity contribution in [2.75, 3.05) is 13.6 Å². The number of aliphatic hydroxyl groups is 1. The summed E-state index contributed by atoms with van der Waals surface area (Å²) in [6.07, 6.45) is 2.29. The van der Waals surface area contributed by atoms with Crippen molar-refractivity contribution in [2.24, 2.45) is 0 Å². The molecular formula is C18H20ClFN2O. The lowest BCUT2D eigenvalue weighted by atomic mass is 9.98. The summed E-state index contributed by atoms with van der Waals surface area (Å²) in [7, 11) is 1.83. The third-order valence-corrected chi connectivity index (χ3v) is 4.01. The van der Waals surface area contributed by atoms with Gasteiger partial charge in [-0.3, -0.25) is 0 Å². The quantitative estimate of drug-likeness (QED) is 0.749. The molecule has 0 unspecified atom stereocenters. The smallest absolute Gasteiger partial charge is 0.169 e. The summed E-state index contributed by atoms with van der Waals surface area (Å²) in [4.78, 5) is 0. The lowest BCUT2D eigenvalue weighted by Crippen LogP contribution is -2.37. The van der Waals surface area contributed by atoms with E-state index >= 15 is 0 Å². The zero-order valence-corrected chi connectivity index (χ0v) is 13.7. The number of hydrogen-bond acceptors (Lipinski definition) is 2. The van der Waals surface area contributed by atoms with Crippen LogP contribution in [0.3, 0.4) is 0 Å². The first-order valence-electron chi connectivity index (χ1n) is 7.35. The Hall–Kier alpha value is -1.88. The molecule has 3 aromatic rings. The van der Waals surface area contributed by atoms with E-state index < -0.39 is 5.72 Å². The lowest BCUT2D eigenvalue weighted by Gasteiger charge is -2.31. The molecule has 2 aromatic carbocycles. The van der Waals surface area contributed by atoms with E-state index in [2.05, 4.69) is 5.32 Å². The van der Waals surface area contributed by atoms with E-state index in [4.69, 9.17) is 0 Å². The van der Waals surface area contributed by atoms with Crippen LogP contribution in [0, 0.1) is 5.82 Å². The van der Waals surface area contributed by atoms with Gasteiger partial charge >= 0.3 is 0 Å². The first-order chi connectivity index (χ1) is 10.6. The Bertz CT molecular complexity index is 789. The summed E-state index contributed by atoms with van der Waals surface area (Å²) in [6.45, 7) is 0.611. The molecule has 0 aliphatic rings. The molecule has 1 atom stereocenters. The summed E-state index contributed by atoms with van der Waals surface area (Å²) in [5.41, 5.74) is 0.170. The van der Waals surface area contributed by atoms with Crippen LogP contribution in [0.2, 0.25) is 0 Å². The van der Waals surface area contributed by atoms with Crippen LogP contribution >= 0.6 is 12.4 Å². The van der Waals surface area contributed by atoms with Crippen molar-refractivity contribution >= 4 is 23.3 Å². The average Bonchev–Trinajstić information content (AvgIpc) is 2.97. The van der Waals surface area contributed by atoms with Gasteiger partial charge in [0.05, 0.1) is 5.52 Å². The molecule has 1 aromatic heterocycles. The number of halogens is 2. The van der Waals surface area contributed by atoms with Crippen LogP contribution in [0.25, 0.3) is 10.9 Å². The molecule has 0 fully saturated rings. The molecule has 0 spiro atoms. The number of hydrogen-bond donors (Lipinski definition) is 2. The molecule has 3 nitrogen and oxygen atoms in total. The maximum absolute atomic E-state index is 13.6. The van der Waals surface area contributed by atoms with Crippen LogP contribution < -0.4 is 5.32 Å². The number of para-hydroxylation sites is 1. The van der Waals surface area contributed by atoms with E-state index in [-0.39, 0.29) is 18.2 Å². The number of benzene rings is 2. The van der Waals surface area contributed by atoms with E-state index in [9.17, 15) is 9.50 Å². The second-order valence-corrected chi connectivity index (χ2v) is 5.43. The van der Waals surface area contributed by atoms with Gasteiger partial charge in [-0.05, 0) is 43.2 Å². The van der Waals surface area contributed by atoms with Gasteiger partial charge < -0.3 is 15.0 Å². The van der Waals surface area contributed by atoms with Gasteiger partial charge in [-0.2, -0.15) is 0 Å². The van der Waals surface area contributed by atoms with E-state index in [1.54, 1.807) is 12.1 Å². The van der Waals surface area contributed by atoms with Gasteiger partial charge in [0.25, 0.3) is 0 Å². The monoisotopic (exact) mass is 334 g/mol. The van der Waals surface area contributed by atoms with E-state index in [0.717, 1.165) is 10.9 Å². The summed E-state index contributed by atoms with van der Waals surface area (Å²) in [6, 6.07) is 16.0. The average molecular weight is 335 g/mol. The van der Waals surface area contributed by atoms with Gasteiger partial charge in [0, 0.05) is 18.2 Å². The Balaban J connectivity index is 0.00000192. The first-order valence-corrected chi connectivity index (χ1v) is 7.35. The highest BCUT2D eigenvalue weighted by Crippen LogP contribution is 2.31. The Morgan fingerprint density at radius 1 is 1.13 bits per heavy atom. The largest absolute Gasteiger partial charge is 0.366 e. The van der Waals surface area contributed by atoms with Gasteiger partial charge in [-0.1, -0.05) is 30.3 Å².